The average molecular weight is 459 g/mol. The van der Waals surface area contributed by atoms with Crippen molar-refractivity contribution in [1.82, 2.24) is 0 Å². The van der Waals surface area contributed by atoms with E-state index in [4.69, 9.17) is 0 Å². The summed E-state index contributed by atoms with van der Waals surface area (Å²) in [6, 6.07) is 56.1. The zero-order valence-electron chi connectivity index (χ0n) is 19.5. The Morgan fingerprint density at radius 1 is 0.294 bits per heavy atom. The molecule has 0 saturated carbocycles. The monoisotopic (exact) mass is 458 g/mol. The molecule has 0 aliphatic heterocycles. The molecular formula is C33H31P. The molecule has 5 aromatic carbocycles. The molecule has 0 bridgehead atoms. The molecule has 0 saturated heterocycles. The fourth-order valence-electron chi connectivity index (χ4n) is 5.57. The van der Waals surface area contributed by atoms with Gasteiger partial charge in [0.05, 0.1) is 0 Å². The van der Waals surface area contributed by atoms with E-state index < -0.39 is 6.60 Å². The van der Waals surface area contributed by atoms with Crippen LogP contribution in [0.4, 0.5) is 0 Å². The van der Waals surface area contributed by atoms with E-state index in [1.807, 2.05) is 0 Å². The van der Waals surface area contributed by atoms with Gasteiger partial charge in [-0.1, -0.05) is 0 Å². The van der Waals surface area contributed by atoms with Crippen molar-refractivity contribution in [3.05, 3.63) is 168 Å². The molecule has 0 fully saturated rings. The van der Waals surface area contributed by atoms with Crippen LogP contribution in [0.25, 0.3) is 0 Å². The van der Waals surface area contributed by atoms with Crippen LogP contribution < -0.4 is 10.6 Å². The minimum atomic E-state index is -2.85. The zero-order chi connectivity index (χ0) is 23.1. The summed E-state index contributed by atoms with van der Waals surface area (Å²) >= 11 is 0. The van der Waals surface area contributed by atoms with Gasteiger partial charge in [-0.05, 0) is 0 Å². The Morgan fingerprint density at radius 2 is 0.529 bits per heavy atom. The topological polar surface area (TPSA) is 0 Å². The zero-order valence-corrected chi connectivity index (χ0v) is 20.4. The SMILES string of the molecule is c1ccc(CP(Cc2ccccc2)(Cc2ccccc2)(c2ccccc2)c2ccccc2)cc1. The van der Waals surface area contributed by atoms with Crippen molar-refractivity contribution in [3.8, 4) is 0 Å². The number of rotatable bonds is 8. The van der Waals surface area contributed by atoms with Gasteiger partial charge >= 0.3 is 204 Å². The molecule has 168 valence electrons. The van der Waals surface area contributed by atoms with E-state index in [2.05, 4.69) is 152 Å². The third kappa shape index (κ3) is 4.35. The van der Waals surface area contributed by atoms with Gasteiger partial charge in [0, 0.05) is 0 Å². The molecule has 0 aromatic heterocycles. The van der Waals surface area contributed by atoms with Crippen LogP contribution in [0.3, 0.4) is 0 Å². The second-order valence-corrected chi connectivity index (χ2v) is 14.8. The Labute approximate surface area is 203 Å². The molecule has 5 aromatic rings. The molecular weight excluding hydrogens is 427 g/mol. The van der Waals surface area contributed by atoms with Gasteiger partial charge in [0.25, 0.3) is 0 Å². The molecule has 0 heterocycles. The summed E-state index contributed by atoms with van der Waals surface area (Å²) in [7, 11) is 0. The summed E-state index contributed by atoms with van der Waals surface area (Å²) < 4.78 is 0. The molecule has 34 heavy (non-hydrogen) atoms. The van der Waals surface area contributed by atoms with E-state index in [0.717, 1.165) is 18.5 Å². The first-order valence-corrected chi connectivity index (χ1v) is 14.8. The first-order valence-electron chi connectivity index (χ1n) is 12.0. The Kier molecular flexibility index (Phi) is 6.43. The van der Waals surface area contributed by atoms with Crippen molar-refractivity contribution in [2.45, 2.75) is 18.5 Å². The van der Waals surface area contributed by atoms with Gasteiger partial charge in [0.15, 0.2) is 0 Å². The maximum absolute atomic E-state index is 2.85. The summed E-state index contributed by atoms with van der Waals surface area (Å²) in [5, 5.41) is 2.97. The molecule has 0 radical (unpaired) electrons. The summed E-state index contributed by atoms with van der Waals surface area (Å²) in [6.07, 6.45) is 3.10. The van der Waals surface area contributed by atoms with Crippen LogP contribution in [0.2, 0.25) is 0 Å². The van der Waals surface area contributed by atoms with E-state index in [0.29, 0.717) is 0 Å². The average Bonchev–Trinajstić information content (AvgIpc) is 2.91. The van der Waals surface area contributed by atoms with E-state index >= 15 is 0 Å². The molecule has 0 atom stereocenters. The van der Waals surface area contributed by atoms with Crippen LogP contribution in [0, 0.1) is 0 Å². The van der Waals surface area contributed by atoms with E-state index in [-0.39, 0.29) is 0 Å². The van der Waals surface area contributed by atoms with Crippen LogP contribution in [-0.2, 0) is 18.5 Å². The predicted octanol–water partition coefficient (Wildman–Crippen LogP) is 7.79. The third-order valence-corrected chi connectivity index (χ3v) is 13.8. The molecule has 0 spiro atoms. The van der Waals surface area contributed by atoms with Crippen LogP contribution in [0.1, 0.15) is 16.7 Å². The summed E-state index contributed by atoms with van der Waals surface area (Å²) in [4.78, 5) is 0. The normalized spacial score (nSPS) is 12.5. The second-order valence-electron chi connectivity index (χ2n) is 9.33. The maximum atomic E-state index is 2.39. The van der Waals surface area contributed by atoms with Crippen LogP contribution in [0.5, 0.6) is 0 Å². The molecule has 0 nitrogen and oxygen atoms in total. The molecule has 0 aliphatic carbocycles. The van der Waals surface area contributed by atoms with Gasteiger partial charge in [0.2, 0.25) is 0 Å². The summed E-state index contributed by atoms with van der Waals surface area (Å²) in [5.41, 5.74) is 4.21. The summed E-state index contributed by atoms with van der Waals surface area (Å²) in [5.74, 6) is 0. The number of hydrogen-bond donors (Lipinski definition) is 0. The molecule has 0 unspecified atom stereocenters. The predicted molar refractivity (Wildman–Crippen MR) is 150 cm³/mol. The standard InChI is InChI=1S/C33H31P/c1-6-16-29(17-7-1)26-34(32-22-12-4-13-23-32,33-24-14-5-15-25-33,27-30-18-8-2-9-19-30)28-31-20-10-3-11-21-31/h1-25H,26-28H2. The summed E-state index contributed by atoms with van der Waals surface area (Å²) in [6.45, 7) is -2.85. The Bertz CT molecular complexity index is 1150. The van der Waals surface area contributed by atoms with Crippen molar-refractivity contribution in [2.24, 2.45) is 0 Å². The molecule has 0 aliphatic rings. The van der Waals surface area contributed by atoms with Gasteiger partial charge in [-0.25, -0.2) is 0 Å². The van der Waals surface area contributed by atoms with Gasteiger partial charge in [0.1, 0.15) is 0 Å². The van der Waals surface area contributed by atoms with Gasteiger partial charge in [-0.3, -0.25) is 0 Å². The van der Waals surface area contributed by atoms with E-state index in [9.17, 15) is 0 Å². The van der Waals surface area contributed by atoms with E-state index in [1.165, 1.54) is 27.3 Å². The fourth-order valence-corrected chi connectivity index (χ4v) is 12.5. The molecule has 0 amide bonds. The molecule has 5 rings (SSSR count). The number of hydrogen-bond acceptors (Lipinski definition) is 0. The Balaban J connectivity index is 1.87. The van der Waals surface area contributed by atoms with Crippen molar-refractivity contribution in [2.75, 3.05) is 0 Å². The van der Waals surface area contributed by atoms with Crippen molar-refractivity contribution < 1.29 is 0 Å². The van der Waals surface area contributed by atoms with Crippen molar-refractivity contribution in [3.63, 3.8) is 0 Å². The van der Waals surface area contributed by atoms with Crippen LogP contribution in [-0.4, -0.2) is 0 Å². The van der Waals surface area contributed by atoms with Crippen LogP contribution in [0.15, 0.2) is 152 Å². The van der Waals surface area contributed by atoms with Crippen LogP contribution >= 0.6 is 6.60 Å². The van der Waals surface area contributed by atoms with Gasteiger partial charge in [-0.2, -0.15) is 0 Å². The third-order valence-electron chi connectivity index (χ3n) is 7.09. The first kappa shape index (κ1) is 22.3. The first-order chi connectivity index (χ1) is 16.8. The Hall–Kier alpha value is -3.47. The van der Waals surface area contributed by atoms with Crippen molar-refractivity contribution >= 4 is 17.2 Å². The second kappa shape index (κ2) is 9.80. The number of benzene rings is 5. The molecule has 1 heteroatoms. The fraction of sp³-hybridized carbons (Fsp3) is 0.0909. The Morgan fingerprint density at radius 3 is 0.794 bits per heavy atom. The van der Waals surface area contributed by atoms with Gasteiger partial charge in [-0.15, -0.1) is 0 Å². The quantitative estimate of drug-likeness (QED) is 0.208. The molecule has 0 N–H and O–H groups in total. The minimum absolute atomic E-state index is 1.03. The van der Waals surface area contributed by atoms with Gasteiger partial charge < -0.3 is 0 Å². The van der Waals surface area contributed by atoms with E-state index in [1.54, 1.807) is 0 Å². The van der Waals surface area contributed by atoms with Crippen molar-refractivity contribution in [1.29, 1.82) is 0 Å².